The molecule has 1 saturated heterocycles. The maximum Gasteiger partial charge on any atom is 0.341 e. The molecule has 1 aliphatic heterocycles. The minimum absolute atomic E-state index is 0.00645. The molecule has 0 amide bonds. The number of aliphatic hydroxyl groups excluding tert-OH is 2. The highest BCUT2D eigenvalue weighted by atomic mass is 35.5. The smallest absolute Gasteiger partial charge is 0.341 e. The van der Waals surface area contributed by atoms with E-state index >= 15 is 4.39 Å². The molecule has 2 saturated carbocycles. The minimum atomic E-state index is -1.45. The number of halogens is 3. The molecule has 2 heterocycles. The lowest BCUT2D eigenvalue weighted by Gasteiger charge is -2.23. The van der Waals surface area contributed by atoms with E-state index in [2.05, 4.69) is 10.6 Å². The van der Waals surface area contributed by atoms with Crippen molar-refractivity contribution < 1.29 is 28.9 Å². The highest BCUT2D eigenvalue weighted by Gasteiger charge is 2.54. The highest BCUT2D eigenvalue weighted by molar-refractivity contribution is 6.38. The summed E-state index contributed by atoms with van der Waals surface area (Å²) in [4.78, 5) is 25.8. The van der Waals surface area contributed by atoms with Crippen molar-refractivity contribution in [3.63, 3.8) is 0 Å². The number of fused-ring (bicyclic) bond motifs is 1. The van der Waals surface area contributed by atoms with Gasteiger partial charge in [0.25, 0.3) is 0 Å². The van der Waals surface area contributed by atoms with Crippen molar-refractivity contribution in [2.45, 2.75) is 76.3 Å². The first kappa shape index (κ1) is 32.6. The van der Waals surface area contributed by atoms with E-state index in [-0.39, 0.29) is 64.8 Å². The van der Waals surface area contributed by atoms with Crippen LogP contribution in [0.15, 0.2) is 17.1 Å². The van der Waals surface area contributed by atoms with Crippen molar-refractivity contribution >= 4 is 34.2 Å². The minimum Gasteiger partial charge on any atom is -0.477 e. The summed E-state index contributed by atoms with van der Waals surface area (Å²) in [7, 11) is 0. The second kappa shape index (κ2) is 13.5. The first-order valence-electron chi connectivity index (χ1n) is 14.6. The SMILES string of the molecule is CC[C@@H](CO)NCCN[C@@H](CC)CO.N[C@@H]1CN(c2c(F)cc3c(=O)c(C(=O)O)cn([C@@H]4C[C@@H]4F)c3c2Cl)CC12CC2. The van der Waals surface area contributed by atoms with Crippen LogP contribution < -0.4 is 26.7 Å². The van der Waals surface area contributed by atoms with Gasteiger partial charge in [-0.3, -0.25) is 4.79 Å². The molecule has 7 N–H and O–H groups in total. The molecule has 1 spiro atoms. The van der Waals surface area contributed by atoms with E-state index in [1.807, 2.05) is 13.8 Å². The molecule has 1 aromatic carbocycles. The Hall–Kier alpha value is -2.35. The Labute approximate surface area is 248 Å². The second-order valence-corrected chi connectivity index (χ2v) is 12.0. The molecular formula is C29H42ClF2N5O5. The van der Waals surface area contributed by atoms with Gasteiger partial charge >= 0.3 is 5.97 Å². The van der Waals surface area contributed by atoms with Crippen LogP contribution in [0, 0.1) is 11.2 Å². The molecule has 0 bridgehead atoms. The Morgan fingerprint density at radius 3 is 2.19 bits per heavy atom. The zero-order valence-corrected chi connectivity index (χ0v) is 24.8. The Morgan fingerprint density at radius 1 is 1.19 bits per heavy atom. The lowest BCUT2D eigenvalue weighted by molar-refractivity contribution is 0.0694. The fraction of sp³-hybridized carbons (Fsp3) is 0.655. The number of anilines is 1. The van der Waals surface area contributed by atoms with Crippen molar-refractivity contribution in [3.05, 3.63) is 38.9 Å². The summed E-state index contributed by atoms with van der Waals surface area (Å²) in [5, 5.41) is 33.4. The fourth-order valence-electron chi connectivity index (χ4n) is 5.66. The number of nitrogens with zero attached hydrogens (tertiary/aromatic N) is 2. The topological polar surface area (TPSA) is 153 Å². The first-order chi connectivity index (χ1) is 20.0. The number of nitrogens with two attached hydrogens (primary N) is 1. The number of hydrogen-bond acceptors (Lipinski definition) is 8. The van der Waals surface area contributed by atoms with Gasteiger partial charge in [0.15, 0.2) is 0 Å². The Kier molecular flexibility index (Phi) is 10.5. The van der Waals surface area contributed by atoms with Crippen LogP contribution in [-0.2, 0) is 0 Å². The molecule has 42 heavy (non-hydrogen) atoms. The van der Waals surface area contributed by atoms with E-state index in [4.69, 9.17) is 27.5 Å². The lowest BCUT2D eigenvalue weighted by atomic mass is 10.0. The fourth-order valence-corrected chi connectivity index (χ4v) is 6.07. The average Bonchev–Trinajstić information content (AvgIpc) is 3.87. The van der Waals surface area contributed by atoms with Gasteiger partial charge in [0.2, 0.25) is 5.43 Å². The number of nitrogens with one attached hydrogen (secondary N) is 2. The molecular weight excluding hydrogens is 572 g/mol. The molecule has 3 fully saturated rings. The zero-order chi connectivity index (χ0) is 30.8. The van der Waals surface area contributed by atoms with Gasteiger partial charge in [-0.1, -0.05) is 25.4 Å². The van der Waals surface area contributed by atoms with Crippen molar-refractivity contribution in [1.29, 1.82) is 0 Å². The van der Waals surface area contributed by atoms with Gasteiger partial charge in [-0.25, -0.2) is 13.6 Å². The molecule has 0 radical (unpaired) electrons. The van der Waals surface area contributed by atoms with Gasteiger partial charge in [-0.15, -0.1) is 0 Å². The zero-order valence-electron chi connectivity index (χ0n) is 24.1. The van der Waals surface area contributed by atoms with Crippen LogP contribution in [0.25, 0.3) is 10.9 Å². The summed E-state index contributed by atoms with van der Waals surface area (Å²) in [6.07, 6.45) is 3.99. The quantitative estimate of drug-likeness (QED) is 0.198. The number of aromatic nitrogens is 1. The van der Waals surface area contributed by atoms with E-state index in [0.717, 1.165) is 51.0 Å². The van der Waals surface area contributed by atoms with Gasteiger partial charge in [-0.2, -0.15) is 0 Å². The number of benzene rings is 1. The van der Waals surface area contributed by atoms with E-state index in [1.165, 1.54) is 4.57 Å². The molecule has 2 aromatic rings. The summed E-state index contributed by atoms with van der Waals surface area (Å²) in [5.41, 5.74) is 5.15. The predicted octanol–water partition coefficient (Wildman–Crippen LogP) is 2.41. The summed E-state index contributed by atoms with van der Waals surface area (Å²) in [6.45, 7) is 7.14. The predicted molar refractivity (Wildman–Crippen MR) is 159 cm³/mol. The van der Waals surface area contributed by atoms with Crippen LogP contribution in [0.4, 0.5) is 14.5 Å². The molecule has 13 heteroatoms. The Bertz CT molecular complexity index is 1320. The molecule has 5 rings (SSSR count). The van der Waals surface area contributed by atoms with Crippen LogP contribution in [0.3, 0.4) is 0 Å². The van der Waals surface area contributed by atoms with Crippen molar-refractivity contribution in [2.24, 2.45) is 11.1 Å². The molecule has 5 atom stereocenters. The molecule has 0 unspecified atom stereocenters. The number of carboxylic acids is 1. The number of aromatic carboxylic acids is 1. The van der Waals surface area contributed by atoms with Crippen LogP contribution in [0.1, 0.15) is 62.4 Å². The van der Waals surface area contributed by atoms with E-state index in [1.54, 1.807) is 4.90 Å². The molecule has 3 aliphatic rings. The van der Waals surface area contributed by atoms with Gasteiger partial charge < -0.3 is 41.2 Å². The molecule has 10 nitrogen and oxygen atoms in total. The van der Waals surface area contributed by atoms with Crippen molar-refractivity contribution in [3.8, 4) is 0 Å². The number of hydrogen-bond donors (Lipinski definition) is 6. The standard InChI is InChI=1S/C19H18ClF2N3O3.C10H24N2O2/c20-14-15-8(17(26)9(18(27)28)5-25(15)12-4-10(12)21)3-11(22)16(14)24-6-13(23)19(7-24)1-2-19;1-3-9(7-13)11-5-6-12-10(4-2)8-14/h3,5,10,12-13H,1-2,4,6-7,23H2,(H,27,28);9-14H,3-8H2,1-2H3/t10-,12+,13+;9-,10-/m00/s1. The average molecular weight is 614 g/mol. The van der Waals surface area contributed by atoms with Crippen molar-refractivity contribution in [2.75, 3.05) is 44.3 Å². The number of carbonyl (C=O) groups is 1. The Morgan fingerprint density at radius 2 is 1.76 bits per heavy atom. The Balaban J connectivity index is 0.000000247. The third-order valence-electron chi connectivity index (χ3n) is 8.79. The van der Waals surface area contributed by atoms with E-state index in [0.29, 0.717) is 13.1 Å². The van der Waals surface area contributed by atoms with Gasteiger partial charge in [-0.05, 0) is 31.7 Å². The second-order valence-electron chi connectivity index (χ2n) is 11.7. The summed E-state index contributed by atoms with van der Waals surface area (Å²) >= 11 is 6.56. The molecule has 234 valence electrons. The van der Waals surface area contributed by atoms with Crippen LogP contribution in [0.2, 0.25) is 5.02 Å². The number of rotatable bonds is 12. The van der Waals surface area contributed by atoms with Crippen LogP contribution >= 0.6 is 11.6 Å². The number of aliphatic hydroxyl groups is 2. The lowest BCUT2D eigenvalue weighted by Crippen LogP contribution is -2.40. The third-order valence-corrected chi connectivity index (χ3v) is 9.15. The number of alkyl halides is 1. The van der Waals surface area contributed by atoms with E-state index < -0.39 is 35.0 Å². The maximum absolute atomic E-state index is 15.0. The maximum atomic E-state index is 15.0. The monoisotopic (exact) mass is 613 g/mol. The van der Waals surface area contributed by atoms with Crippen LogP contribution in [0.5, 0.6) is 0 Å². The largest absolute Gasteiger partial charge is 0.477 e. The van der Waals surface area contributed by atoms with Gasteiger partial charge in [0, 0.05) is 62.3 Å². The summed E-state index contributed by atoms with van der Waals surface area (Å²) in [6, 6.07) is 0.708. The molecule has 2 aliphatic carbocycles. The van der Waals surface area contributed by atoms with E-state index in [9.17, 15) is 19.1 Å². The van der Waals surface area contributed by atoms with Gasteiger partial charge in [0.1, 0.15) is 17.6 Å². The summed E-state index contributed by atoms with van der Waals surface area (Å²) < 4.78 is 30.2. The highest BCUT2D eigenvalue weighted by Crippen LogP contribution is 2.54. The third kappa shape index (κ3) is 6.74. The normalized spacial score (nSPS) is 23.5. The van der Waals surface area contributed by atoms with Crippen molar-refractivity contribution in [1.82, 2.24) is 15.2 Å². The number of carboxylic acid groups (broad SMARTS) is 1. The summed E-state index contributed by atoms with van der Waals surface area (Å²) in [5.74, 6) is -2.15. The first-order valence-corrected chi connectivity index (χ1v) is 15.0. The van der Waals surface area contributed by atoms with Gasteiger partial charge in [0.05, 0.1) is 40.9 Å². The molecule has 1 aromatic heterocycles. The number of pyridine rings is 1. The van der Waals surface area contributed by atoms with Crippen LogP contribution in [-0.4, -0.2) is 89.5 Å².